The van der Waals surface area contributed by atoms with Gasteiger partial charge >= 0.3 is 0 Å². The molecule has 1 amide bonds. The van der Waals surface area contributed by atoms with Crippen LogP contribution >= 0.6 is 0 Å². The molecule has 2 N–H and O–H groups in total. The lowest BCUT2D eigenvalue weighted by Gasteiger charge is -2.23. The Labute approximate surface area is 155 Å². The minimum atomic E-state index is -0.0924. The third-order valence-corrected chi connectivity index (χ3v) is 4.82. The Morgan fingerprint density at radius 3 is 3.00 bits per heavy atom. The Morgan fingerprint density at radius 1 is 1.22 bits per heavy atom. The number of hydrogen-bond acceptors (Lipinski definition) is 4. The lowest BCUT2D eigenvalue weighted by atomic mass is 9.84. The number of carbonyl (C=O) groups excluding carboxylic acids is 1. The van der Waals surface area contributed by atoms with Crippen LogP contribution in [0.25, 0.3) is 11.5 Å². The molecule has 7 heteroatoms. The van der Waals surface area contributed by atoms with Gasteiger partial charge in [-0.2, -0.15) is 10.2 Å². The monoisotopic (exact) mass is 359 g/mol. The zero-order valence-electron chi connectivity index (χ0n) is 14.4. The van der Waals surface area contributed by atoms with Gasteiger partial charge in [0, 0.05) is 30.3 Å². The molecule has 1 atom stereocenters. The van der Waals surface area contributed by atoms with Gasteiger partial charge in [0.25, 0.3) is 0 Å². The van der Waals surface area contributed by atoms with Crippen molar-refractivity contribution in [1.82, 2.24) is 20.0 Å². The summed E-state index contributed by atoms with van der Waals surface area (Å²) in [6.07, 6.45) is 5.70. The number of aromatic nitrogens is 4. The molecule has 7 nitrogen and oxygen atoms in total. The molecule has 27 heavy (non-hydrogen) atoms. The average Bonchev–Trinajstić information content (AvgIpc) is 3.42. The van der Waals surface area contributed by atoms with Crippen LogP contribution < -0.4 is 5.32 Å². The number of rotatable bonds is 4. The normalized spacial score (nSPS) is 16.1. The van der Waals surface area contributed by atoms with E-state index in [0.29, 0.717) is 24.5 Å². The predicted molar refractivity (Wildman–Crippen MR) is 99.2 cm³/mol. The number of carbonyl (C=O) groups is 1. The fourth-order valence-electron chi connectivity index (χ4n) is 3.64. The molecule has 3 aromatic heterocycles. The van der Waals surface area contributed by atoms with Crippen molar-refractivity contribution in [1.29, 1.82) is 0 Å². The molecule has 0 saturated heterocycles. The standard InChI is InChI=1S/C20H17N5O2/c26-17-11-15(14-5-1-4-13(10-14)12-25-8-3-7-21-25)18-19(16-6-2-9-27-16)23-24-20(18)22-17/h1-10,15H,11-12H2,(H2,22,23,24,26)/t15-/m0/s1. The molecule has 0 aliphatic carbocycles. The topological polar surface area (TPSA) is 88.7 Å². The molecule has 0 spiro atoms. The van der Waals surface area contributed by atoms with Crippen LogP contribution in [-0.4, -0.2) is 25.9 Å². The first-order chi connectivity index (χ1) is 13.3. The maximum atomic E-state index is 12.2. The highest BCUT2D eigenvalue weighted by molar-refractivity contribution is 5.95. The van der Waals surface area contributed by atoms with Crippen molar-refractivity contribution in [2.45, 2.75) is 18.9 Å². The van der Waals surface area contributed by atoms with Crippen LogP contribution in [0, 0.1) is 0 Å². The fourth-order valence-corrected chi connectivity index (χ4v) is 3.64. The fraction of sp³-hybridized carbons (Fsp3) is 0.150. The van der Waals surface area contributed by atoms with Gasteiger partial charge in [-0.15, -0.1) is 0 Å². The highest BCUT2D eigenvalue weighted by Crippen LogP contribution is 2.41. The Hall–Kier alpha value is -3.61. The van der Waals surface area contributed by atoms with E-state index in [4.69, 9.17) is 4.42 Å². The van der Waals surface area contributed by atoms with E-state index in [1.165, 1.54) is 0 Å². The van der Waals surface area contributed by atoms with E-state index >= 15 is 0 Å². The van der Waals surface area contributed by atoms with Crippen LogP contribution in [0.3, 0.4) is 0 Å². The number of H-pyrrole nitrogens is 1. The molecule has 0 saturated carbocycles. The number of furan rings is 1. The summed E-state index contributed by atoms with van der Waals surface area (Å²) in [5, 5.41) is 14.4. The van der Waals surface area contributed by atoms with Crippen molar-refractivity contribution in [3.8, 4) is 11.5 Å². The van der Waals surface area contributed by atoms with Gasteiger partial charge in [0.2, 0.25) is 5.91 Å². The number of amides is 1. The van der Waals surface area contributed by atoms with Crippen molar-refractivity contribution in [3.05, 3.63) is 77.8 Å². The molecule has 5 rings (SSSR count). The van der Waals surface area contributed by atoms with Crippen molar-refractivity contribution in [2.24, 2.45) is 0 Å². The summed E-state index contributed by atoms with van der Waals surface area (Å²) >= 11 is 0. The van der Waals surface area contributed by atoms with Crippen molar-refractivity contribution in [2.75, 3.05) is 5.32 Å². The predicted octanol–water partition coefficient (Wildman–Crippen LogP) is 3.39. The van der Waals surface area contributed by atoms with Gasteiger partial charge in [-0.05, 0) is 29.3 Å². The summed E-state index contributed by atoms with van der Waals surface area (Å²) in [5.41, 5.74) is 3.97. The number of hydrogen-bond donors (Lipinski definition) is 2. The number of nitrogens with zero attached hydrogens (tertiary/aromatic N) is 3. The minimum Gasteiger partial charge on any atom is -0.463 e. The van der Waals surface area contributed by atoms with E-state index in [1.807, 2.05) is 35.1 Å². The van der Waals surface area contributed by atoms with Crippen molar-refractivity contribution >= 4 is 11.7 Å². The van der Waals surface area contributed by atoms with Gasteiger partial charge in [0.1, 0.15) is 5.69 Å². The van der Waals surface area contributed by atoms with Crippen LogP contribution in [0.4, 0.5) is 5.82 Å². The molecule has 0 bridgehead atoms. The average molecular weight is 359 g/mol. The van der Waals surface area contributed by atoms with Gasteiger partial charge in [0.05, 0.1) is 12.8 Å². The summed E-state index contributed by atoms with van der Waals surface area (Å²) in [4.78, 5) is 12.2. The summed E-state index contributed by atoms with van der Waals surface area (Å²) in [6, 6.07) is 13.9. The van der Waals surface area contributed by atoms with Crippen LogP contribution in [0.2, 0.25) is 0 Å². The Kier molecular flexibility index (Phi) is 3.64. The first kappa shape index (κ1) is 15.6. The molecule has 4 aromatic rings. The largest absolute Gasteiger partial charge is 0.463 e. The highest BCUT2D eigenvalue weighted by atomic mass is 16.3. The Morgan fingerprint density at radius 2 is 2.19 bits per heavy atom. The summed E-state index contributed by atoms with van der Waals surface area (Å²) < 4.78 is 7.43. The molecular weight excluding hydrogens is 342 g/mol. The van der Waals surface area contributed by atoms with Gasteiger partial charge in [-0.25, -0.2) is 0 Å². The first-order valence-corrected chi connectivity index (χ1v) is 8.76. The lowest BCUT2D eigenvalue weighted by molar-refractivity contribution is -0.116. The van der Waals surface area contributed by atoms with Gasteiger partial charge in [-0.3, -0.25) is 14.6 Å². The SMILES string of the molecule is O=C1C[C@@H](c2cccc(Cn3cccn3)c2)c2c(n[nH]c2-c2ccco2)N1. The Bertz CT molecular complexity index is 1080. The second-order valence-electron chi connectivity index (χ2n) is 6.59. The molecule has 0 fully saturated rings. The van der Waals surface area contributed by atoms with E-state index in [-0.39, 0.29) is 11.8 Å². The van der Waals surface area contributed by atoms with Crippen LogP contribution in [-0.2, 0) is 11.3 Å². The van der Waals surface area contributed by atoms with Gasteiger partial charge in [0.15, 0.2) is 11.6 Å². The maximum absolute atomic E-state index is 12.2. The highest BCUT2D eigenvalue weighted by Gasteiger charge is 2.32. The zero-order valence-corrected chi connectivity index (χ0v) is 14.4. The van der Waals surface area contributed by atoms with Crippen molar-refractivity contribution in [3.63, 3.8) is 0 Å². The maximum Gasteiger partial charge on any atom is 0.226 e. The van der Waals surface area contributed by atoms with Gasteiger partial charge < -0.3 is 9.73 Å². The lowest BCUT2D eigenvalue weighted by Crippen LogP contribution is -2.23. The number of anilines is 1. The molecular formula is C20H17N5O2. The number of fused-ring (bicyclic) bond motifs is 1. The van der Waals surface area contributed by atoms with E-state index < -0.39 is 0 Å². The van der Waals surface area contributed by atoms with E-state index in [1.54, 1.807) is 12.5 Å². The number of nitrogens with one attached hydrogen (secondary N) is 2. The molecule has 0 radical (unpaired) electrons. The third kappa shape index (κ3) is 2.83. The first-order valence-electron chi connectivity index (χ1n) is 8.76. The van der Waals surface area contributed by atoms with E-state index in [0.717, 1.165) is 22.4 Å². The Balaban J connectivity index is 1.56. The van der Waals surface area contributed by atoms with Crippen LogP contribution in [0.15, 0.2) is 65.5 Å². The minimum absolute atomic E-state index is 0.0394. The van der Waals surface area contributed by atoms with Crippen LogP contribution in [0.5, 0.6) is 0 Å². The third-order valence-electron chi connectivity index (χ3n) is 4.82. The van der Waals surface area contributed by atoms with Crippen LogP contribution in [0.1, 0.15) is 29.0 Å². The summed E-state index contributed by atoms with van der Waals surface area (Å²) in [5.74, 6) is 1.14. The summed E-state index contributed by atoms with van der Waals surface area (Å²) in [6.45, 7) is 0.684. The second-order valence-corrected chi connectivity index (χ2v) is 6.59. The molecule has 1 aliphatic heterocycles. The van der Waals surface area contributed by atoms with E-state index in [2.05, 4.69) is 38.8 Å². The number of aromatic amines is 1. The second kappa shape index (κ2) is 6.28. The molecule has 0 unspecified atom stereocenters. The van der Waals surface area contributed by atoms with Gasteiger partial charge in [-0.1, -0.05) is 24.3 Å². The molecule has 1 aromatic carbocycles. The number of benzene rings is 1. The molecule has 134 valence electrons. The van der Waals surface area contributed by atoms with E-state index in [9.17, 15) is 4.79 Å². The smallest absolute Gasteiger partial charge is 0.226 e. The quantitative estimate of drug-likeness (QED) is 0.584. The summed E-state index contributed by atoms with van der Waals surface area (Å²) in [7, 11) is 0. The van der Waals surface area contributed by atoms with Crippen molar-refractivity contribution < 1.29 is 9.21 Å². The molecule has 4 heterocycles. The molecule has 1 aliphatic rings. The zero-order chi connectivity index (χ0) is 18.2.